The quantitative estimate of drug-likeness (QED) is 0.726. The number of ether oxygens (including phenoxy) is 1. The molecule has 1 saturated heterocycles. The summed E-state index contributed by atoms with van der Waals surface area (Å²) in [5, 5.41) is 3.41. The highest BCUT2D eigenvalue weighted by Gasteiger charge is 2.27. The summed E-state index contributed by atoms with van der Waals surface area (Å²) in [7, 11) is 0. The van der Waals surface area contributed by atoms with Gasteiger partial charge < -0.3 is 10.1 Å². The molecule has 0 saturated carbocycles. The second-order valence-corrected chi connectivity index (χ2v) is 7.87. The fraction of sp³-hybridized carbons (Fsp3) is 0.409. The Bertz CT molecular complexity index is 808. The lowest BCUT2D eigenvalue weighted by molar-refractivity contribution is -0.121. The lowest BCUT2D eigenvalue weighted by atomic mass is 9.96. The normalized spacial score (nSPS) is 17.5. The molecule has 1 atom stereocenters. The van der Waals surface area contributed by atoms with E-state index in [4.69, 9.17) is 16.3 Å². The van der Waals surface area contributed by atoms with E-state index in [1.165, 1.54) is 6.07 Å². The van der Waals surface area contributed by atoms with Crippen LogP contribution in [0, 0.1) is 11.7 Å². The number of anilines is 1. The summed E-state index contributed by atoms with van der Waals surface area (Å²) in [5.74, 6) is 0.258. The second-order valence-electron chi connectivity index (χ2n) is 7.46. The van der Waals surface area contributed by atoms with Crippen molar-refractivity contribution in [3.05, 3.63) is 58.9 Å². The zero-order valence-corrected chi connectivity index (χ0v) is 17.0. The molecule has 3 rings (SSSR count). The van der Waals surface area contributed by atoms with Gasteiger partial charge in [0.25, 0.3) is 0 Å². The molecule has 0 aliphatic carbocycles. The maximum atomic E-state index is 14.1. The van der Waals surface area contributed by atoms with Gasteiger partial charge in [0.05, 0.1) is 12.0 Å². The number of nitrogens with zero attached hydrogens (tertiary/aromatic N) is 1. The second kappa shape index (κ2) is 9.39. The summed E-state index contributed by atoms with van der Waals surface area (Å²) in [6, 6.07) is 12.1. The third-order valence-electron chi connectivity index (χ3n) is 4.79. The van der Waals surface area contributed by atoms with Crippen molar-refractivity contribution in [2.45, 2.75) is 39.3 Å². The number of hydrogen-bond acceptors (Lipinski definition) is 3. The van der Waals surface area contributed by atoms with Crippen molar-refractivity contribution in [1.29, 1.82) is 0 Å². The van der Waals surface area contributed by atoms with E-state index in [-0.39, 0.29) is 23.7 Å². The number of likely N-dealkylation sites (tertiary alicyclic amines) is 1. The molecule has 4 nitrogen and oxygen atoms in total. The number of carbonyl (C=O) groups is 1. The first-order chi connectivity index (χ1) is 13.4. The van der Waals surface area contributed by atoms with Crippen LogP contribution in [0.25, 0.3) is 0 Å². The van der Waals surface area contributed by atoms with Crippen LogP contribution in [0.1, 0.15) is 32.3 Å². The van der Waals surface area contributed by atoms with Crippen LogP contribution in [-0.4, -0.2) is 30.0 Å². The highest BCUT2D eigenvalue weighted by Crippen LogP contribution is 2.25. The van der Waals surface area contributed by atoms with Crippen molar-refractivity contribution in [3.8, 4) is 5.75 Å². The molecular weight excluding hydrogens is 379 g/mol. The van der Waals surface area contributed by atoms with Gasteiger partial charge in [-0.3, -0.25) is 9.69 Å². The molecule has 2 aromatic rings. The highest BCUT2D eigenvalue weighted by molar-refractivity contribution is 6.31. The van der Waals surface area contributed by atoms with Gasteiger partial charge in [-0.15, -0.1) is 0 Å². The Kier molecular flexibility index (Phi) is 6.92. The Morgan fingerprint density at radius 1 is 1.32 bits per heavy atom. The molecule has 150 valence electrons. The minimum atomic E-state index is -0.305. The molecule has 0 spiro atoms. The van der Waals surface area contributed by atoms with Crippen LogP contribution >= 0.6 is 11.6 Å². The number of carbonyl (C=O) groups excluding carboxylic acids is 1. The number of benzene rings is 2. The Labute approximate surface area is 170 Å². The zero-order valence-electron chi connectivity index (χ0n) is 16.3. The molecule has 1 heterocycles. The molecule has 1 amide bonds. The van der Waals surface area contributed by atoms with Crippen molar-refractivity contribution in [3.63, 3.8) is 0 Å². The van der Waals surface area contributed by atoms with Gasteiger partial charge in [0.2, 0.25) is 5.91 Å². The van der Waals surface area contributed by atoms with E-state index in [0.29, 0.717) is 23.7 Å². The standard InChI is InChI=1S/C22H26ClFN2O2/c1-15(2)28-18-8-3-7-17(12-18)25-22(27)16-6-5-11-26(13-16)14-19-20(23)9-4-10-21(19)24/h3-4,7-10,12,15-16H,5-6,11,13-14H2,1-2H3,(H,25,27). The average Bonchev–Trinajstić information content (AvgIpc) is 2.65. The summed E-state index contributed by atoms with van der Waals surface area (Å²) in [4.78, 5) is 14.8. The van der Waals surface area contributed by atoms with E-state index in [0.717, 1.165) is 30.8 Å². The Hall–Kier alpha value is -2.11. The van der Waals surface area contributed by atoms with Crippen molar-refractivity contribution in [2.75, 3.05) is 18.4 Å². The van der Waals surface area contributed by atoms with Gasteiger partial charge in [0.15, 0.2) is 0 Å². The van der Waals surface area contributed by atoms with E-state index in [1.807, 2.05) is 38.1 Å². The Morgan fingerprint density at radius 2 is 2.11 bits per heavy atom. The highest BCUT2D eigenvalue weighted by atomic mass is 35.5. The van der Waals surface area contributed by atoms with Gasteiger partial charge >= 0.3 is 0 Å². The minimum absolute atomic E-state index is 0.0222. The van der Waals surface area contributed by atoms with E-state index in [2.05, 4.69) is 10.2 Å². The Balaban J connectivity index is 1.61. The van der Waals surface area contributed by atoms with Crippen molar-refractivity contribution in [2.24, 2.45) is 5.92 Å². The molecule has 28 heavy (non-hydrogen) atoms. The molecule has 2 aromatic carbocycles. The number of nitrogens with one attached hydrogen (secondary N) is 1. The van der Waals surface area contributed by atoms with E-state index in [1.54, 1.807) is 12.1 Å². The fourth-order valence-corrected chi connectivity index (χ4v) is 3.71. The van der Waals surface area contributed by atoms with Crippen molar-refractivity contribution < 1.29 is 13.9 Å². The molecule has 0 aromatic heterocycles. The van der Waals surface area contributed by atoms with Crippen LogP contribution in [0.5, 0.6) is 5.75 Å². The molecule has 6 heteroatoms. The SMILES string of the molecule is CC(C)Oc1cccc(NC(=O)C2CCCN(Cc3c(F)cccc3Cl)C2)c1. The third-order valence-corrected chi connectivity index (χ3v) is 5.15. The van der Waals surface area contributed by atoms with Gasteiger partial charge in [-0.25, -0.2) is 4.39 Å². The van der Waals surface area contributed by atoms with Crippen LogP contribution in [0.2, 0.25) is 5.02 Å². The van der Waals surface area contributed by atoms with Crippen LogP contribution in [0.15, 0.2) is 42.5 Å². The summed E-state index contributed by atoms with van der Waals surface area (Å²) in [5.41, 5.74) is 1.21. The molecule has 1 aliphatic heterocycles. The number of amides is 1. The van der Waals surface area contributed by atoms with Crippen molar-refractivity contribution in [1.82, 2.24) is 4.90 Å². The van der Waals surface area contributed by atoms with Gasteiger partial charge in [-0.2, -0.15) is 0 Å². The van der Waals surface area contributed by atoms with Gasteiger partial charge in [0.1, 0.15) is 11.6 Å². The van der Waals surface area contributed by atoms with Crippen LogP contribution in [-0.2, 0) is 11.3 Å². The van der Waals surface area contributed by atoms with Gasteiger partial charge in [0, 0.05) is 35.4 Å². The van der Waals surface area contributed by atoms with Crippen LogP contribution in [0.4, 0.5) is 10.1 Å². The van der Waals surface area contributed by atoms with Crippen LogP contribution < -0.4 is 10.1 Å². The first-order valence-corrected chi connectivity index (χ1v) is 10.0. The first-order valence-electron chi connectivity index (χ1n) is 9.65. The number of halogens is 2. The predicted molar refractivity (Wildman–Crippen MR) is 110 cm³/mol. The van der Waals surface area contributed by atoms with Gasteiger partial charge in [-0.1, -0.05) is 23.7 Å². The van der Waals surface area contributed by atoms with Crippen LogP contribution in [0.3, 0.4) is 0 Å². The van der Waals surface area contributed by atoms with E-state index < -0.39 is 0 Å². The predicted octanol–water partition coefficient (Wildman–Crippen LogP) is 5.12. The molecule has 1 fully saturated rings. The maximum Gasteiger partial charge on any atom is 0.228 e. The summed E-state index contributed by atoms with van der Waals surface area (Å²) >= 11 is 6.15. The summed E-state index contributed by atoms with van der Waals surface area (Å²) < 4.78 is 19.8. The monoisotopic (exact) mass is 404 g/mol. The van der Waals surface area contributed by atoms with E-state index >= 15 is 0 Å². The molecule has 1 aliphatic rings. The third kappa shape index (κ3) is 5.46. The summed E-state index contributed by atoms with van der Waals surface area (Å²) in [6.45, 7) is 5.74. The lowest BCUT2D eigenvalue weighted by Gasteiger charge is -2.32. The zero-order chi connectivity index (χ0) is 20.1. The number of rotatable bonds is 6. The number of hydrogen-bond donors (Lipinski definition) is 1. The summed E-state index contributed by atoms with van der Waals surface area (Å²) in [6.07, 6.45) is 1.78. The van der Waals surface area contributed by atoms with Crippen molar-refractivity contribution >= 4 is 23.2 Å². The molecule has 0 bridgehead atoms. The minimum Gasteiger partial charge on any atom is -0.491 e. The topological polar surface area (TPSA) is 41.6 Å². The Morgan fingerprint density at radius 3 is 2.86 bits per heavy atom. The van der Waals surface area contributed by atoms with Gasteiger partial charge in [-0.05, 0) is 57.5 Å². The van der Waals surface area contributed by atoms with E-state index in [9.17, 15) is 9.18 Å². The average molecular weight is 405 g/mol. The smallest absolute Gasteiger partial charge is 0.228 e. The molecular formula is C22H26ClFN2O2. The maximum absolute atomic E-state index is 14.1. The fourth-order valence-electron chi connectivity index (χ4n) is 3.48. The lowest BCUT2D eigenvalue weighted by Crippen LogP contribution is -2.40. The molecule has 0 radical (unpaired) electrons. The molecule has 1 unspecified atom stereocenters. The largest absolute Gasteiger partial charge is 0.491 e. The molecule has 1 N–H and O–H groups in total. The number of piperidine rings is 1. The first kappa shape index (κ1) is 20.6.